The van der Waals surface area contributed by atoms with Crippen LogP contribution in [0.15, 0.2) is 36.0 Å². The zero-order valence-corrected chi connectivity index (χ0v) is 44.7. The lowest BCUT2D eigenvalue weighted by Gasteiger charge is -2.46. The van der Waals surface area contributed by atoms with Crippen molar-refractivity contribution in [2.45, 2.75) is 199 Å². The van der Waals surface area contributed by atoms with Gasteiger partial charge in [0.2, 0.25) is 5.79 Å². The number of ether oxygens (including phenoxy) is 7. The second-order valence-corrected chi connectivity index (χ2v) is 21.3. The summed E-state index contributed by atoms with van der Waals surface area (Å²) in [6, 6.07) is -1.12. The summed E-state index contributed by atoms with van der Waals surface area (Å²) < 4.78 is 41.6. The van der Waals surface area contributed by atoms with E-state index in [2.05, 4.69) is 0 Å². The molecule has 1 aliphatic carbocycles. The van der Waals surface area contributed by atoms with Crippen molar-refractivity contribution in [1.82, 2.24) is 4.90 Å². The van der Waals surface area contributed by atoms with E-state index in [1.807, 2.05) is 58.1 Å². The van der Waals surface area contributed by atoms with Crippen LogP contribution in [0.1, 0.15) is 132 Å². The Morgan fingerprint density at radius 1 is 0.831 bits per heavy atom. The molecule has 18 atom stereocenters. The van der Waals surface area contributed by atoms with Crippen LogP contribution in [-0.2, 0) is 52.3 Å². The van der Waals surface area contributed by atoms with Crippen LogP contribution in [0, 0.1) is 41.4 Å². The fourth-order valence-corrected chi connectivity index (χ4v) is 11.2. The third-order valence-electron chi connectivity index (χ3n) is 16.0. The summed E-state index contributed by atoms with van der Waals surface area (Å²) in [7, 11) is 4.59. The average Bonchev–Trinajstić information content (AvgIpc) is 3.36. The lowest BCUT2D eigenvalue weighted by atomic mass is 9.77. The topological polar surface area (TPSA) is 217 Å². The lowest BCUT2D eigenvalue weighted by Crippen LogP contribution is -2.63. The summed E-state index contributed by atoms with van der Waals surface area (Å²) in [6.07, 6.45) is 6.96. The van der Waals surface area contributed by atoms with Gasteiger partial charge in [-0.1, -0.05) is 71.9 Å². The number of carbonyl (C=O) groups excluding carboxylic acids is 4. The summed E-state index contributed by atoms with van der Waals surface area (Å²) in [5.41, 5.74) is 0.892. The van der Waals surface area contributed by atoms with Crippen molar-refractivity contribution in [3.8, 4) is 0 Å². The molecule has 3 fully saturated rings. The van der Waals surface area contributed by atoms with Gasteiger partial charge in [-0.2, -0.15) is 0 Å². The summed E-state index contributed by atoms with van der Waals surface area (Å²) >= 11 is 0. The molecule has 4 aliphatic rings. The van der Waals surface area contributed by atoms with Gasteiger partial charge in [0, 0.05) is 71.0 Å². The number of aliphatic hydroxyl groups excluding tert-OH is 3. The number of aliphatic hydroxyl groups is 4. The molecule has 0 aromatic carbocycles. The van der Waals surface area contributed by atoms with Gasteiger partial charge in [-0.05, 0) is 101 Å². The molecule has 0 spiro atoms. The third-order valence-corrected chi connectivity index (χ3v) is 16.0. The number of ketones is 2. The van der Waals surface area contributed by atoms with Gasteiger partial charge in [0.25, 0.3) is 5.91 Å². The molecule has 1 amide bonds. The van der Waals surface area contributed by atoms with Gasteiger partial charge in [0.15, 0.2) is 11.9 Å². The highest BCUT2D eigenvalue weighted by Crippen LogP contribution is 2.39. The fraction of sp³-hybridized carbons (Fsp3) is 0.818. The monoisotopic (exact) mass is 1010 g/mol. The molecule has 0 aromatic rings. The summed E-state index contributed by atoms with van der Waals surface area (Å²) in [5, 5.41) is 47.2. The number of hydrogen-bond donors (Lipinski definition) is 4. The first-order chi connectivity index (χ1) is 33.7. The number of piperidine rings is 1. The van der Waals surface area contributed by atoms with Crippen LogP contribution >= 0.6 is 0 Å². The van der Waals surface area contributed by atoms with Gasteiger partial charge >= 0.3 is 5.97 Å². The summed E-state index contributed by atoms with van der Waals surface area (Å²) in [4.78, 5) is 58.5. The minimum atomic E-state index is -2.26. The van der Waals surface area contributed by atoms with Crippen LogP contribution in [0.2, 0.25) is 0 Å². The van der Waals surface area contributed by atoms with Crippen LogP contribution in [0.3, 0.4) is 0 Å². The quantitative estimate of drug-likeness (QED) is 0.136. The smallest absolute Gasteiger partial charge is 0.329 e. The highest BCUT2D eigenvalue weighted by Gasteiger charge is 2.53. The second kappa shape index (κ2) is 29.3. The maximum absolute atomic E-state index is 14.6. The Morgan fingerprint density at radius 3 is 2.24 bits per heavy atom. The molecule has 4 N–H and O–H groups in total. The number of allylic oxidation sites excluding steroid dienone is 5. The number of methoxy groups -OCH3 is 3. The number of carbonyl (C=O) groups is 4. The molecule has 4 rings (SSSR count). The van der Waals surface area contributed by atoms with E-state index in [9.17, 15) is 39.6 Å². The number of hydrogen-bond acceptors (Lipinski definition) is 15. The van der Waals surface area contributed by atoms with Crippen molar-refractivity contribution in [1.29, 1.82) is 0 Å². The molecule has 3 aliphatic heterocycles. The Bertz CT molecular complexity index is 1770. The van der Waals surface area contributed by atoms with Gasteiger partial charge in [-0.25, -0.2) is 4.79 Å². The highest BCUT2D eigenvalue weighted by molar-refractivity contribution is 5.88. The Balaban J connectivity index is 1.68. The molecule has 1 saturated carbocycles. The number of amides is 1. The zero-order chi connectivity index (χ0) is 52.6. The van der Waals surface area contributed by atoms with E-state index in [0.717, 1.165) is 18.4 Å². The van der Waals surface area contributed by atoms with Gasteiger partial charge in [0.1, 0.15) is 24.0 Å². The summed E-state index contributed by atoms with van der Waals surface area (Å²) in [5.74, 6) is -7.96. The first-order valence-corrected chi connectivity index (χ1v) is 26.5. The molecule has 0 aromatic heterocycles. The van der Waals surface area contributed by atoms with Crippen molar-refractivity contribution >= 4 is 23.4 Å². The molecule has 16 heteroatoms. The van der Waals surface area contributed by atoms with E-state index in [-0.39, 0.29) is 55.1 Å². The Hall–Kier alpha value is -2.90. The number of cyclic esters (lactones) is 1. The van der Waals surface area contributed by atoms with E-state index in [0.29, 0.717) is 71.2 Å². The van der Waals surface area contributed by atoms with Crippen LogP contribution in [0.25, 0.3) is 0 Å². The molecule has 16 nitrogen and oxygen atoms in total. The average molecular weight is 1010 g/mol. The maximum Gasteiger partial charge on any atom is 0.329 e. The number of Topliss-reactive ketones (excluding diaryl/α,β-unsaturated/α-hetero) is 2. The lowest BCUT2D eigenvalue weighted by molar-refractivity contribution is -0.317. The third kappa shape index (κ3) is 16.5. The molecule has 2 bridgehead atoms. The molecular formula is C55H91NO15. The zero-order valence-electron chi connectivity index (χ0n) is 44.7. The van der Waals surface area contributed by atoms with Gasteiger partial charge in [0.05, 0.1) is 49.8 Å². The minimum Gasteiger partial charge on any atom is -0.460 e. The van der Waals surface area contributed by atoms with Gasteiger partial charge in [-0.15, -0.1) is 0 Å². The molecule has 406 valence electrons. The highest BCUT2D eigenvalue weighted by atomic mass is 16.6. The van der Waals surface area contributed by atoms with Crippen molar-refractivity contribution in [2.24, 2.45) is 41.4 Å². The molecule has 3 heterocycles. The molecule has 2 saturated heterocycles. The number of esters is 1. The first-order valence-electron chi connectivity index (χ1n) is 26.5. The predicted octanol–water partition coefficient (Wildman–Crippen LogP) is 6.08. The normalized spacial score (nSPS) is 40.5. The predicted molar refractivity (Wildman–Crippen MR) is 268 cm³/mol. The van der Waals surface area contributed by atoms with E-state index < -0.39 is 95.9 Å². The van der Waals surface area contributed by atoms with Crippen LogP contribution in [-0.4, -0.2) is 163 Å². The van der Waals surface area contributed by atoms with E-state index >= 15 is 0 Å². The summed E-state index contributed by atoms with van der Waals surface area (Å²) in [6.45, 7) is 16.1. The van der Waals surface area contributed by atoms with Gasteiger partial charge < -0.3 is 58.5 Å². The van der Waals surface area contributed by atoms with E-state index in [4.69, 9.17) is 33.2 Å². The van der Waals surface area contributed by atoms with Gasteiger partial charge in [-0.3, -0.25) is 14.4 Å². The number of fused-ring (bicyclic) bond motifs is 3. The SMILES string of the molecule is CCOCCOC1CCC(CC(C)C2CC(=O)C(C)C(O)C(C)C(O)C(OC)C(=O)C(C)CC(C)/C=C/C=C/C=C(\C)C(OC)CC3CCC(C)C(O)(O3)C(O)C(=O)N3CCCCC3C(=O)O2)CC1OC. The van der Waals surface area contributed by atoms with E-state index in [1.165, 1.54) is 12.0 Å². The maximum atomic E-state index is 14.6. The first kappa shape index (κ1) is 60.7. The number of nitrogens with zero attached hydrogens (tertiary/aromatic N) is 1. The molecular weight excluding hydrogens is 915 g/mol. The molecule has 0 radical (unpaired) electrons. The Labute approximate surface area is 424 Å². The second-order valence-electron chi connectivity index (χ2n) is 21.3. The van der Waals surface area contributed by atoms with Crippen molar-refractivity contribution in [3.05, 3.63) is 36.0 Å². The molecule has 71 heavy (non-hydrogen) atoms. The standard InChI is InChI=1S/C55H91NO15/c1-12-68-26-27-69-44-24-22-40(30-47(44)66-10)29-35(4)46-32-43(57)38(7)49(59)39(8)50(60)51(67-11)48(58)36(5)28-33(2)18-14-13-15-19-34(3)45(65-9)31-41-23-21-37(6)55(64,71-41)52(61)53(62)56-25-17-16-20-42(56)54(63)70-46/h13-15,18-19,33,35-42,44-47,49-52,59-61,64H,12,16-17,20-32H2,1-11H3/b15-13+,18-14+,34-19+. The molecule has 18 unspecified atom stereocenters. The van der Waals surface area contributed by atoms with Crippen molar-refractivity contribution in [3.63, 3.8) is 0 Å². The van der Waals surface area contributed by atoms with Crippen LogP contribution < -0.4 is 0 Å². The largest absolute Gasteiger partial charge is 0.460 e. The van der Waals surface area contributed by atoms with Crippen LogP contribution in [0.5, 0.6) is 0 Å². The number of rotatable bonds is 11. The van der Waals surface area contributed by atoms with Crippen molar-refractivity contribution in [2.75, 3.05) is 47.7 Å². The fourth-order valence-electron chi connectivity index (χ4n) is 11.2. The van der Waals surface area contributed by atoms with Crippen LogP contribution in [0.4, 0.5) is 0 Å². The Kier molecular flexibility index (Phi) is 25.0. The van der Waals surface area contributed by atoms with Crippen molar-refractivity contribution < 1.29 is 72.8 Å². The minimum absolute atomic E-state index is 0.0138. The Morgan fingerprint density at radius 2 is 1.56 bits per heavy atom. The van der Waals surface area contributed by atoms with E-state index in [1.54, 1.807) is 41.9 Å².